The van der Waals surface area contributed by atoms with E-state index >= 15 is 0 Å². The number of rotatable bonds is 13. The van der Waals surface area contributed by atoms with Crippen LogP contribution < -0.4 is 0 Å². The van der Waals surface area contributed by atoms with Gasteiger partial charge in [0, 0.05) is 0 Å². The molecule has 21 heteroatoms. The number of hydrogen-bond donors (Lipinski definition) is 14. The number of hydrogen-bond acceptors (Lipinski definition) is 21. The van der Waals surface area contributed by atoms with Gasteiger partial charge in [-0.15, -0.1) is 0 Å². The Hall–Kier alpha value is -0.840. The van der Waals surface area contributed by atoms with Gasteiger partial charge in [0.1, 0.15) is 99.2 Å². The van der Waals surface area contributed by atoms with E-state index in [9.17, 15) is 71.5 Å². The number of aliphatic hydroxyl groups excluding tert-OH is 14. The molecule has 0 amide bonds. The smallest absolute Gasteiger partial charge is 0.224 e. The molecule has 4 rings (SSSR count). The normalized spacial score (nSPS) is 52.1. The van der Waals surface area contributed by atoms with E-state index in [4.69, 9.17) is 33.2 Å². The first-order valence-electron chi connectivity index (χ1n) is 14.0. The Morgan fingerprint density at radius 3 is 1.31 bits per heavy atom. The maximum atomic E-state index is 11.0. The summed E-state index contributed by atoms with van der Waals surface area (Å²) in [5.74, 6) is -7.73. The molecule has 21 nitrogen and oxygen atoms in total. The third-order valence-corrected chi connectivity index (χ3v) is 8.48. The van der Waals surface area contributed by atoms with Crippen molar-refractivity contribution in [3.63, 3.8) is 0 Å². The Kier molecular flexibility index (Phi) is 11.8. The fraction of sp³-hybridized carbons (Fsp3) is 1.00. The highest BCUT2D eigenvalue weighted by Crippen LogP contribution is 2.41. The average molecular weight is 667 g/mol. The van der Waals surface area contributed by atoms with Crippen LogP contribution in [-0.2, 0) is 33.2 Å². The SMILES string of the molecule is OC[C@@H]1O[C@@H](O[C@@]2(CO[C@@]3(CO[C@@]4(CO)O[C@@H](CO)[C@H](O)[C@H]4O)O[C@@H](CO)[C@H](O)[C@H]3O)O[C@@H](CO)[C@H](O)[C@H]2O)[C@@H](O)[C@H](O)[C@H]1O. The molecule has 0 unspecified atom stereocenters. The lowest BCUT2D eigenvalue weighted by Crippen LogP contribution is -2.63. The van der Waals surface area contributed by atoms with E-state index in [0.717, 1.165) is 0 Å². The molecule has 4 aliphatic rings. The molecule has 0 spiro atoms. The predicted molar refractivity (Wildman–Crippen MR) is 134 cm³/mol. The molecule has 0 saturated carbocycles. The van der Waals surface area contributed by atoms with Crippen molar-refractivity contribution in [2.75, 3.05) is 46.2 Å². The first kappa shape index (κ1) is 37.0. The summed E-state index contributed by atoms with van der Waals surface area (Å²) >= 11 is 0. The fourth-order valence-electron chi connectivity index (χ4n) is 5.65. The molecule has 0 aromatic carbocycles. The Morgan fingerprint density at radius 2 is 0.844 bits per heavy atom. The zero-order valence-electron chi connectivity index (χ0n) is 23.7. The highest BCUT2D eigenvalue weighted by atomic mass is 16.8. The number of ether oxygens (including phenoxy) is 7. The minimum Gasteiger partial charge on any atom is -0.394 e. The van der Waals surface area contributed by atoms with Crippen LogP contribution in [0, 0.1) is 0 Å². The highest BCUT2D eigenvalue weighted by molar-refractivity contribution is 5.03. The first-order valence-corrected chi connectivity index (χ1v) is 14.0. The molecule has 0 bridgehead atoms. The van der Waals surface area contributed by atoms with Crippen LogP contribution in [0.4, 0.5) is 0 Å². The van der Waals surface area contributed by atoms with Gasteiger partial charge in [0.15, 0.2) is 6.29 Å². The second-order valence-corrected chi connectivity index (χ2v) is 11.3. The second kappa shape index (κ2) is 14.3. The van der Waals surface area contributed by atoms with Crippen LogP contribution in [0.25, 0.3) is 0 Å². The molecular formula is C24H42O21. The first-order chi connectivity index (χ1) is 21.2. The topological polar surface area (TPSA) is 348 Å². The van der Waals surface area contributed by atoms with Crippen molar-refractivity contribution >= 4 is 0 Å². The Labute approximate surface area is 254 Å². The Morgan fingerprint density at radius 1 is 0.444 bits per heavy atom. The van der Waals surface area contributed by atoms with Crippen molar-refractivity contribution in [1.29, 1.82) is 0 Å². The lowest BCUT2D eigenvalue weighted by molar-refractivity contribution is -0.404. The monoisotopic (exact) mass is 666 g/mol. The zero-order chi connectivity index (χ0) is 33.5. The number of aliphatic hydroxyl groups is 14. The van der Waals surface area contributed by atoms with Crippen LogP contribution in [-0.4, -0.2) is 221 Å². The van der Waals surface area contributed by atoms with Crippen LogP contribution in [0.5, 0.6) is 0 Å². The van der Waals surface area contributed by atoms with Crippen molar-refractivity contribution in [1.82, 2.24) is 0 Å². The summed E-state index contributed by atoms with van der Waals surface area (Å²) in [5, 5.41) is 143. The van der Waals surface area contributed by atoms with Gasteiger partial charge in [-0.05, 0) is 0 Å². The standard InChI is InChI=1S/C24H42O21/c25-1-8-12(30)16(34)17(35)21(41-8)45-24(20(38)15(33)11(4-28)44-24)7-40-23(19(37)14(32)10(3-27)43-23)6-39-22(5-29)18(36)13(31)9(2-26)42-22/h8-21,25-38H,1-7H2/t8-,9-,10-,11-,12-,13-,14-,15-,16+,17-,18+,19+,20+,21-,22-,23-,24+/m0/s1. The van der Waals surface area contributed by atoms with Crippen molar-refractivity contribution in [2.45, 2.75) is 103 Å². The molecule has 0 aromatic heterocycles. The van der Waals surface area contributed by atoms with Crippen molar-refractivity contribution in [2.24, 2.45) is 0 Å². The summed E-state index contributed by atoms with van der Waals surface area (Å²) < 4.78 is 38.7. The molecular weight excluding hydrogens is 624 g/mol. The summed E-state index contributed by atoms with van der Waals surface area (Å²) in [6, 6.07) is 0. The molecule has 0 radical (unpaired) electrons. The molecule has 4 saturated heterocycles. The summed E-state index contributed by atoms with van der Waals surface area (Å²) in [7, 11) is 0. The van der Waals surface area contributed by atoms with E-state index in [0.29, 0.717) is 0 Å². The van der Waals surface area contributed by atoms with Gasteiger partial charge in [-0.2, -0.15) is 0 Å². The van der Waals surface area contributed by atoms with Crippen molar-refractivity contribution in [3.05, 3.63) is 0 Å². The fourth-order valence-corrected chi connectivity index (χ4v) is 5.65. The average Bonchev–Trinajstić information content (AvgIpc) is 3.55. The second-order valence-electron chi connectivity index (χ2n) is 11.3. The maximum Gasteiger partial charge on any atom is 0.224 e. The lowest BCUT2D eigenvalue weighted by atomic mass is 9.99. The van der Waals surface area contributed by atoms with Crippen LogP contribution in [0.15, 0.2) is 0 Å². The van der Waals surface area contributed by atoms with E-state index in [1.165, 1.54) is 0 Å². The Balaban J connectivity index is 1.65. The van der Waals surface area contributed by atoms with Crippen LogP contribution in [0.1, 0.15) is 0 Å². The molecule has 4 aliphatic heterocycles. The lowest BCUT2D eigenvalue weighted by Gasteiger charge is -2.44. The van der Waals surface area contributed by atoms with Crippen LogP contribution >= 0.6 is 0 Å². The van der Waals surface area contributed by atoms with E-state index in [-0.39, 0.29) is 0 Å². The van der Waals surface area contributed by atoms with Crippen LogP contribution in [0.3, 0.4) is 0 Å². The highest BCUT2D eigenvalue weighted by Gasteiger charge is 2.64. The molecule has 45 heavy (non-hydrogen) atoms. The molecule has 0 aromatic rings. The molecule has 0 aliphatic carbocycles. The largest absolute Gasteiger partial charge is 0.394 e. The summed E-state index contributed by atoms with van der Waals surface area (Å²) in [6.07, 6.45) is -25.6. The van der Waals surface area contributed by atoms with Gasteiger partial charge in [-0.3, -0.25) is 0 Å². The van der Waals surface area contributed by atoms with Gasteiger partial charge in [0.2, 0.25) is 17.4 Å². The zero-order valence-corrected chi connectivity index (χ0v) is 23.7. The summed E-state index contributed by atoms with van der Waals surface area (Å²) in [4.78, 5) is 0. The molecule has 264 valence electrons. The third-order valence-electron chi connectivity index (χ3n) is 8.48. The van der Waals surface area contributed by atoms with E-state index in [1.807, 2.05) is 0 Å². The van der Waals surface area contributed by atoms with Gasteiger partial charge in [0.25, 0.3) is 0 Å². The maximum absolute atomic E-state index is 11.0. The van der Waals surface area contributed by atoms with Crippen molar-refractivity contribution in [3.8, 4) is 0 Å². The minimum absolute atomic E-state index is 0.809. The Bertz CT molecular complexity index is 962. The van der Waals surface area contributed by atoms with Gasteiger partial charge in [-0.25, -0.2) is 0 Å². The molecule has 17 atom stereocenters. The van der Waals surface area contributed by atoms with Gasteiger partial charge >= 0.3 is 0 Å². The van der Waals surface area contributed by atoms with E-state index < -0.39 is 149 Å². The van der Waals surface area contributed by atoms with Gasteiger partial charge in [-0.1, -0.05) is 0 Å². The van der Waals surface area contributed by atoms with Crippen LogP contribution in [0.2, 0.25) is 0 Å². The summed E-state index contributed by atoms with van der Waals surface area (Å²) in [5.41, 5.74) is 0. The van der Waals surface area contributed by atoms with E-state index in [2.05, 4.69) is 0 Å². The van der Waals surface area contributed by atoms with Crippen molar-refractivity contribution < 1.29 is 105 Å². The van der Waals surface area contributed by atoms with E-state index in [1.54, 1.807) is 0 Å². The summed E-state index contributed by atoms with van der Waals surface area (Å²) in [6.45, 7) is -6.84. The quantitative estimate of drug-likeness (QED) is 0.0867. The predicted octanol–water partition coefficient (Wildman–Crippen LogP) is -9.74. The van der Waals surface area contributed by atoms with Gasteiger partial charge in [0.05, 0.1) is 26.4 Å². The minimum atomic E-state index is -2.67. The molecule has 14 N–H and O–H groups in total. The van der Waals surface area contributed by atoms with Gasteiger partial charge < -0.3 is 105 Å². The molecule has 4 heterocycles. The third kappa shape index (κ3) is 6.49. The molecule has 4 fully saturated rings.